The third kappa shape index (κ3) is 4.62. The number of allylic oxidation sites excluding steroid dienone is 1. The van der Waals surface area contributed by atoms with Crippen LogP contribution in [0.1, 0.15) is 78.1 Å². The molecule has 1 fully saturated rings. The molecular formula is C19H35N. The number of likely N-dealkylation sites (tertiary alicyclic amines) is 1. The smallest absolute Gasteiger partial charge is 0.00956 e. The van der Waals surface area contributed by atoms with Crippen LogP contribution in [0.15, 0.2) is 12.2 Å². The second kappa shape index (κ2) is 8.87. The zero-order valence-electron chi connectivity index (χ0n) is 13.8. The van der Waals surface area contributed by atoms with Crippen LogP contribution in [0.2, 0.25) is 0 Å². The van der Waals surface area contributed by atoms with E-state index in [0.717, 1.165) is 17.9 Å². The molecule has 0 aromatic rings. The summed E-state index contributed by atoms with van der Waals surface area (Å²) in [6.45, 7) is 7.37. The SMILES string of the molecule is CCCCCCCC(CCCC)N1CC2C=CCC2C1. The summed E-state index contributed by atoms with van der Waals surface area (Å²) in [5.74, 6) is 1.85. The topological polar surface area (TPSA) is 3.24 Å². The van der Waals surface area contributed by atoms with E-state index in [2.05, 4.69) is 30.9 Å². The molecule has 0 spiro atoms. The van der Waals surface area contributed by atoms with Gasteiger partial charge in [-0.1, -0.05) is 70.9 Å². The average molecular weight is 277 g/mol. The molecule has 0 aromatic carbocycles. The fourth-order valence-corrected chi connectivity index (χ4v) is 4.06. The van der Waals surface area contributed by atoms with Gasteiger partial charge in [0.25, 0.3) is 0 Å². The third-order valence-corrected chi connectivity index (χ3v) is 5.39. The molecule has 1 heterocycles. The fraction of sp³-hybridized carbons (Fsp3) is 0.895. The molecule has 3 unspecified atom stereocenters. The standard InChI is InChI=1S/C19H35N/c1-3-5-7-8-9-14-19(13-6-4-2)20-15-17-11-10-12-18(17)16-20/h10-11,17-19H,3-9,12-16H2,1-2H3. The van der Waals surface area contributed by atoms with Gasteiger partial charge in [-0.15, -0.1) is 0 Å². The highest BCUT2D eigenvalue weighted by Gasteiger charge is 2.35. The molecular weight excluding hydrogens is 242 g/mol. The Hall–Kier alpha value is -0.300. The molecule has 20 heavy (non-hydrogen) atoms. The molecule has 116 valence electrons. The lowest BCUT2D eigenvalue weighted by molar-refractivity contribution is 0.201. The van der Waals surface area contributed by atoms with Gasteiger partial charge in [-0.05, 0) is 31.1 Å². The monoisotopic (exact) mass is 277 g/mol. The van der Waals surface area contributed by atoms with Crippen molar-refractivity contribution in [1.82, 2.24) is 4.90 Å². The molecule has 1 saturated heterocycles. The summed E-state index contributed by atoms with van der Waals surface area (Å²) >= 11 is 0. The minimum atomic E-state index is 0.885. The molecule has 3 atom stereocenters. The van der Waals surface area contributed by atoms with Crippen LogP contribution in [0.4, 0.5) is 0 Å². The van der Waals surface area contributed by atoms with Crippen LogP contribution in [0.3, 0.4) is 0 Å². The zero-order chi connectivity index (χ0) is 14.2. The Morgan fingerprint density at radius 1 is 0.950 bits per heavy atom. The van der Waals surface area contributed by atoms with Gasteiger partial charge in [0.15, 0.2) is 0 Å². The molecule has 1 heteroatoms. The summed E-state index contributed by atoms with van der Waals surface area (Å²) in [6.07, 6.45) is 19.1. The van der Waals surface area contributed by atoms with E-state index in [9.17, 15) is 0 Å². The number of hydrogen-bond acceptors (Lipinski definition) is 1. The van der Waals surface area contributed by atoms with E-state index in [1.54, 1.807) is 0 Å². The van der Waals surface area contributed by atoms with Crippen molar-refractivity contribution in [1.29, 1.82) is 0 Å². The van der Waals surface area contributed by atoms with E-state index in [1.807, 2.05) is 0 Å². The maximum atomic E-state index is 2.84. The molecule has 2 rings (SSSR count). The number of hydrogen-bond donors (Lipinski definition) is 0. The van der Waals surface area contributed by atoms with E-state index in [1.165, 1.54) is 77.3 Å². The molecule has 1 nitrogen and oxygen atoms in total. The molecule has 0 radical (unpaired) electrons. The summed E-state index contributed by atoms with van der Waals surface area (Å²) in [5, 5.41) is 0. The van der Waals surface area contributed by atoms with Crippen LogP contribution in [0, 0.1) is 11.8 Å². The Labute approximate surface area is 126 Å². The van der Waals surface area contributed by atoms with E-state index in [4.69, 9.17) is 0 Å². The first kappa shape index (κ1) is 16.1. The van der Waals surface area contributed by atoms with Gasteiger partial charge in [0.2, 0.25) is 0 Å². The van der Waals surface area contributed by atoms with Crippen molar-refractivity contribution in [3.8, 4) is 0 Å². The lowest BCUT2D eigenvalue weighted by Gasteiger charge is -2.28. The van der Waals surface area contributed by atoms with E-state index in [0.29, 0.717) is 0 Å². The maximum Gasteiger partial charge on any atom is 0.00956 e. The van der Waals surface area contributed by atoms with Crippen molar-refractivity contribution in [2.75, 3.05) is 13.1 Å². The molecule has 1 aliphatic carbocycles. The second-order valence-electron chi connectivity index (χ2n) is 7.04. The highest BCUT2D eigenvalue weighted by atomic mass is 15.2. The quantitative estimate of drug-likeness (QED) is 0.381. The van der Waals surface area contributed by atoms with Crippen molar-refractivity contribution >= 4 is 0 Å². The van der Waals surface area contributed by atoms with E-state index < -0.39 is 0 Å². The Kier molecular flexibility index (Phi) is 7.13. The van der Waals surface area contributed by atoms with Gasteiger partial charge < -0.3 is 0 Å². The van der Waals surface area contributed by atoms with E-state index in [-0.39, 0.29) is 0 Å². The third-order valence-electron chi connectivity index (χ3n) is 5.39. The van der Waals surface area contributed by atoms with Crippen LogP contribution in [0.5, 0.6) is 0 Å². The summed E-state index contributed by atoms with van der Waals surface area (Å²) in [4.78, 5) is 2.84. The highest BCUT2D eigenvalue weighted by Crippen LogP contribution is 2.35. The largest absolute Gasteiger partial charge is 0.299 e. The van der Waals surface area contributed by atoms with Gasteiger partial charge in [-0.25, -0.2) is 0 Å². The molecule has 0 amide bonds. The van der Waals surface area contributed by atoms with Crippen molar-refractivity contribution in [2.45, 2.75) is 84.1 Å². The van der Waals surface area contributed by atoms with Crippen molar-refractivity contribution in [2.24, 2.45) is 11.8 Å². The summed E-state index contributed by atoms with van der Waals surface area (Å²) in [6, 6.07) is 0.885. The van der Waals surface area contributed by atoms with Crippen molar-refractivity contribution < 1.29 is 0 Å². The van der Waals surface area contributed by atoms with Gasteiger partial charge in [0.05, 0.1) is 0 Å². The van der Waals surface area contributed by atoms with E-state index >= 15 is 0 Å². The minimum Gasteiger partial charge on any atom is -0.299 e. The van der Waals surface area contributed by atoms with Crippen LogP contribution in [-0.2, 0) is 0 Å². The molecule has 0 N–H and O–H groups in total. The second-order valence-corrected chi connectivity index (χ2v) is 7.04. The molecule has 0 aromatic heterocycles. The first-order valence-electron chi connectivity index (χ1n) is 9.25. The normalized spacial score (nSPS) is 27.1. The van der Waals surface area contributed by atoms with Gasteiger partial charge in [-0.3, -0.25) is 4.90 Å². The number of fused-ring (bicyclic) bond motifs is 1. The van der Waals surface area contributed by atoms with Gasteiger partial charge >= 0.3 is 0 Å². The number of unbranched alkanes of at least 4 members (excludes halogenated alkanes) is 5. The Morgan fingerprint density at radius 2 is 1.70 bits per heavy atom. The predicted octanol–water partition coefficient (Wildman–Crippen LogP) is 5.41. The van der Waals surface area contributed by atoms with Crippen LogP contribution >= 0.6 is 0 Å². The van der Waals surface area contributed by atoms with Crippen LogP contribution in [0.25, 0.3) is 0 Å². The summed E-state index contributed by atoms with van der Waals surface area (Å²) in [5.41, 5.74) is 0. The summed E-state index contributed by atoms with van der Waals surface area (Å²) < 4.78 is 0. The fourth-order valence-electron chi connectivity index (χ4n) is 4.06. The summed E-state index contributed by atoms with van der Waals surface area (Å²) in [7, 11) is 0. The minimum absolute atomic E-state index is 0.885. The Bertz CT molecular complexity index is 283. The van der Waals surface area contributed by atoms with Gasteiger partial charge in [0, 0.05) is 19.1 Å². The lowest BCUT2D eigenvalue weighted by Crippen LogP contribution is -2.34. The molecule has 0 saturated carbocycles. The maximum absolute atomic E-state index is 2.84. The Balaban J connectivity index is 1.73. The number of rotatable bonds is 10. The molecule has 1 aliphatic heterocycles. The predicted molar refractivity (Wildman–Crippen MR) is 89.0 cm³/mol. The van der Waals surface area contributed by atoms with Crippen molar-refractivity contribution in [3.05, 3.63) is 12.2 Å². The Morgan fingerprint density at radius 3 is 2.45 bits per heavy atom. The van der Waals surface area contributed by atoms with Crippen LogP contribution in [-0.4, -0.2) is 24.0 Å². The highest BCUT2D eigenvalue weighted by molar-refractivity contribution is 5.07. The van der Waals surface area contributed by atoms with Crippen LogP contribution < -0.4 is 0 Å². The molecule has 0 bridgehead atoms. The van der Waals surface area contributed by atoms with Gasteiger partial charge in [0.1, 0.15) is 0 Å². The lowest BCUT2D eigenvalue weighted by atomic mass is 10.0. The zero-order valence-corrected chi connectivity index (χ0v) is 13.8. The molecule has 2 aliphatic rings. The average Bonchev–Trinajstić information content (AvgIpc) is 3.03. The first-order chi connectivity index (χ1) is 9.85. The first-order valence-corrected chi connectivity index (χ1v) is 9.25. The van der Waals surface area contributed by atoms with Crippen molar-refractivity contribution in [3.63, 3.8) is 0 Å². The van der Waals surface area contributed by atoms with Gasteiger partial charge in [-0.2, -0.15) is 0 Å². The number of nitrogens with zero attached hydrogens (tertiary/aromatic N) is 1.